The fraction of sp³-hybridized carbons (Fsp3) is 0.364. The molecular weight excluding hydrogens is 324 g/mol. The van der Waals surface area contributed by atoms with E-state index in [2.05, 4.69) is 30.4 Å². The third-order valence-electron chi connectivity index (χ3n) is 5.05. The lowest BCUT2D eigenvalue weighted by Crippen LogP contribution is -2.28. The Balaban J connectivity index is 1.75. The molecule has 3 rings (SSSR count). The molecule has 0 spiro atoms. The smallest absolute Gasteiger partial charge is 0.229 e. The molecule has 2 aromatic carbocycles. The molecule has 0 bridgehead atoms. The molecule has 0 saturated carbocycles. The number of nitrogens with zero attached hydrogens (tertiary/aromatic N) is 1. The molecule has 26 heavy (non-hydrogen) atoms. The van der Waals surface area contributed by atoms with Crippen molar-refractivity contribution in [3.05, 3.63) is 58.7 Å². The zero-order valence-electron chi connectivity index (χ0n) is 15.9. The third kappa shape index (κ3) is 3.64. The summed E-state index contributed by atoms with van der Waals surface area (Å²) in [4.78, 5) is 27.0. The van der Waals surface area contributed by atoms with Gasteiger partial charge in [0.15, 0.2) is 0 Å². The monoisotopic (exact) mass is 350 g/mol. The first-order valence-electron chi connectivity index (χ1n) is 9.17. The maximum atomic E-state index is 12.8. The fourth-order valence-electron chi connectivity index (χ4n) is 3.68. The Labute approximate surface area is 155 Å². The summed E-state index contributed by atoms with van der Waals surface area (Å²) < 4.78 is 0. The van der Waals surface area contributed by atoms with Crippen LogP contribution in [0.3, 0.4) is 0 Å². The summed E-state index contributed by atoms with van der Waals surface area (Å²) in [5.41, 5.74) is 6.21. The van der Waals surface area contributed by atoms with E-state index in [0.29, 0.717) is 6.54 Å². The normalized spacial score (nSPS) is 16.8. The number of nitrogens with one attached hydrogen (secondary N) is 1. The highest BCUT2D eigenvalue weighted by atomic mass is 16.2. The molecule has 0 aliphatic carbocycles. The molecule has 2 aromatic rings. The summed E-state index contributed by atoms with van der Waals surface area (Å²) in [7, 11) is 0. The van der Waals surface area contributed by atoms with E-state index >= 15 is 0 Å². The van der Waals surface area contributed by atoms with Crippen LogP contribution in [0.15, 0.2) is 36.4 Å². The second-order valence-corrected chi connectivity index (χ2v) is 7.19. The van der Waals surface area contributed by atoms with Gasteiger partial charge in [0, 0.05) is 24.3 Å². The second kappa shape index (κ2) is 7.32. The Morgan fingerprint density at radius 2 is 1.85 bits per heavy atom. The van der Waals surface area contributed by atoms with E-state index in [4.69, 9.17) is 0 Å². The van der Waals surface area contributed by atoms with E-state index in [0.717, 1.165) is 28.9 Å². The molecule has 0 radical (unpaired) electrons. The molecule has 1 N–H and O–H groups in total. The molecule has 1 heterocycles. The Kier molecular flexibility index (Phi) is 5.12. The average molecular weight is 350 g/mol. The van der Waals surface area contributed by atoms with Crippen molar-refractivity contribution in [3.63, 3.8) is 0 Å². The minimum absolute atomic E-state index is 0.00996. The highest BCUT2D eigenvalue weighted by Crippen LogP contribution is 2.28. The molecule has 4 heteroatoms. The van der Waals surface area contributed by atoms with E-state index < -0.39 is 0 Å². The first-order chi connectivity index (χ1) is 12.4. The summed E-state index contributed by atoms with van der Waals surface area (Å²) in [6.07, 6.45) is 1.18. The maximum Gasteiger partial charge on any atom is 0.229 e. The quantitative estimate of drug-likeness (QED) is 0.900. The van der Waals surface area contributed by atoms with Crippen LogP contribution in [-0.4, -0.2) is 18.4 Å². The van der Waals surface area contributed by atoms with E-state index in [-0.39, 0.29) is 24.2 Å². The summed E-state index contributed by atoms with van der Waals surface area (Å²) in [5, 5.41) is 3.04. The van der Waals surface area contributed by atoms with Gasteiger partial charge in [0.2, 0.25) is 11.8 Å². The van der Waals surface area contributed by atoms with Crippen molar-refractivity contribution in [1.29, 1.82) is 0 Å². The lowest BCUT2D eigenvalue weighted by Gasteiger charge is -2.18. The van der Waals surface area contributed by atoms with Crippen molar-refractivity contribution >= 4 is 23.2 Å². The summed E-state index contributed by atoms with van der Waals surface area (Å²) in [6, 6.07) is 12.1. The number of hydrogen-bond acceptors (Lipinski definition) is 2. The largest absolute Gasteiger partial charge is 0.325 e. The molecule has 1 unspecified atom stereocenters. The fourth-order valence-corrected chi connectivity index (χ4v) is 3.68. The molecule has 0 aromatic heterocycles. The van der Waals surface area contributed by atoms with Crippen molar-refractivity contribution in [1.82, 2.24) is 0 Å². The zero-order chi connectivity index (χ0) is 18.8. The molecule has 1 saturated heterocycles. The van der Waals surface area contributed by atoms with Gasteiger partial charge in [-0.1, -0.05) is 36.8 Å². The van der Waals surface area contributed by atoms with Crippen molar-refractivity contribution < 1.29 is 9.59 Å². The Morgan fingerprint density at radius 1 is 1.15 bits per heavy atom. The summed E-state index contributed by atoms with van der Waals surface area (Å²) >= 11 is 0. The first kappa shape index (κ1) is 18.2. The summed E-state index contributed by atoms with van der Waals surface area (Å²) in [5.74, 6) is -0.397. The van der Waals surface area contributed by atoms with Gasteiger partial charge < -0.3 is 10.2 Å². The molecule has 1 aliphatic rings. The average Bonchev–Trinajstić information content (AvgIpc) is 3.00. The Hall–Kier alpha value is -2.62. The third-order valence-corrected chi connectivity index (χ3v) is 5.05. The number of rotatable bonds is 4. The molecule has 1 aliphatic heterocycles. The number of carbonyl (C=O) groups is 2. The van der Waals surface area contributed by atoms with Crippen LogP contribution < -0.4 is 10.2 Å². The van der Waals surface area contributed by atoms with Crippen molar-refractivity contribution in [3.8, 4) is 0 Å². The molecule has 1 atom stereocenters. The second-order valence-electron chi connectivity index (χ2n) is 7.19. The minimum Gasteiger partial charge on any atom is -0.325 e. The topological polar surface area (TPSA) is 49.4 Å². The molecular formula is C22H26N2O2. The van der Waals surface area contributed by atoms with Crippen molar-refractivity contribution in [2.24, 2.45) is 5.92 Å². The molecule has 136 valence electrons. The first-order valence-corrected chi connectivity index (χ1v) is 9.17. The van der Waals surface area contributed by atoms with Gasteiger partial charge in [0.25, 0.3) is 0 Å². The predicted molar refractivity (Wildman–Crippen MR) is 106 cm³/mol. The van der Waals surface area contributed by atoms with Crippen LogP contribution in [0.25, 0.3) is 0 Å². The number of aryl methyl sites for hydroxylation is 4. The van der Waals surface area contributed by atoms with Crippen LogP contribution >= 0.6 is 0 Å². The highest BCUT2D eigenvalue weighted by Gasteiger charge is 2.35. The van der Waals surface area contributed by atoms with Crippen LogP contribution in [0.1, 0.15) is 35.6 Å². The van der Waals surface area contributed by atoms with E-state index in [1.54, 1.807) is 4.90 Å². The molecule has 2 amide bonds. The molecule has 1 fully saturated rings. The zero-order valence-corrected chi connectivity index (χ0v) is 15.9. The standard InChI is InChI=1S/C22H26N2O2/c1-5-17-7-6-8-19(11-17)24-13-18(12-20(24)25)22(26)23-21-15(3)9-14(2)10-16(21)4/h6-11,18H,5,12-13H2,1-4H3,(H,23,26). The number of carbonyl (C=O) groups excluding carboxylic acids is 2. The van der Waals surface area contributed by atoms with Crippen LogP contribution in [0, 0.1) is 26.7 Å². The maximum absolute atomic E-state index is 12.8. The van der Waals surface area contributed by atoms with Crippen LogP contribution in [0.5, 0.6) is 0 Å². The predicted octanol–water partition coefficient (Wildman–Crippen LogP) is 4.17. The Morgan fingerprint density at radius 3 is 2.50 bits per heavy atom. The van der Waals surface area contributed by atoms with Gasteiger partial charge in [-0.2, -0.15) is 0 Å². The van der Waals surface area contributed by atoms with Gasteiger partial charge >= 0.3 is 0 Å². The number of amides is 2. The number of hydrogen-bond donors (Lipinski definition) is 1. The Bertz CT molecular complexity index is 834. The van der Waals surface area contributed by atoms with Crippen molar-refractivity contribution in [2.75, 3.05) is 16.8 Å². The lowest BCUT2D eigenvalue weighted by atomic mass is 10.0. The van der Waals surface area contributed by atoms with Gasteiger partial charge in [-0.25, -0.2) is 0 Å². The van der Waals surface area contributed by atoms with E-state index in [9.17, 15) is 9.59 Å². The van der Waals surface area contributed by atoms with Gasteiger partial charge in [-0.15, -0.1) is 0 Å². The van der Waals surface area contributed by atoms with Crippen LogP contribution in [-0.2, 0) is 16.0 Å². The minimum atomic E-state index is -0.326. The van der Waals surface area contributed by atoms with Gasteiger partial charge in [0.1, 0.15) is 0 Å². The summed E-state index contributed by atoms with van der Waals surface area (Å²) in [6.45, 7) is 8.56. The van der Waals surface area contributed by atoms with Gasteiger partial charge in [0.05, 0.1) is 5.92 Å². The number of anilines is 2. The highest BCUT2D eigenvalue weighted by molar-refractivity contribution is 6.04. The van der Waals surface area contributed by atoms with E-state index in [1.165, 1.54) is 11.1 Å². The molecule has 4 nitrogen and oxygen atoms in total. The lowest BCUT2D eigenvalue weighted by molar-refractivity contribution is -0.122. The van der Waals surface area contributed by atoms with Crippen LogP contribution in [0.2, 0.25) is 0 Å². The number of benzene rings is 2. The van der Waals surface area contributed by atoms with Gasteiger partial charge in [-0.3, -0.25) is 9.59 Å². The van der Waals surface area contributed by atoms with Crippen molar-refractivity contribution in [2.45, 2.75) is 40.5 Å². The van der Waals surface area contributed by atoms with Crippen LogP contribution in [0.4, 0.5) is 11.4 Å². The SMILES string of the molecule is CCc1cccc(N2CC(C(=O)Nc3c(C)cc(C)cc3C)CC2=O)c1. The van der Waals surface area contributed by atoms with E-state index in [1.807, 2.05) is 39.0 Å². The van der Waals surface area contributed by atoms with Gasteiger partial charge in [-0.05, 0) is 56.0 Å².